The zero-order chi connectivity index (χ0) is 17.8. The molecule has 3 nitrogen and oxygen atoms in total. The minimum atomic E-state index is -0.280. The first-order valence-corrected chi connectivity index (χ1v) is 8.52. The van der Waals surface area contributed by atoms with Crippen molar-refractivity contribution in [3.8, 4) is 5.75 Å². The zero-order valence-corrected chi connectivity index (χ0v) is 14.5. The fourth-order valence-corrected chi connectivity index (χ4v) is 2.99. The average Bonchev–Trinajstić information content (AvgIpc) is 3.06. The summed E-state index contributed by atoms with van der Waals surface area (Å²) in [6.07, 6.45) is 4.25. The molecule has 0 saturated carbocycles. The third kappa shape index (κ3) is 4.27. The summed E-state index contributed by atoms with van der Waals surface area (Å²) in [7, 11) is 0. The van der Waals surface area contributed by atoms with E-state index >= 15 is 0 Å². The fourth-order valence-electron chi connectivity index (χ4n) is 2.99. The second-order valence-corrected chi connectivity index (χ2v) is 6.58. The molecule has 1 aliphatic rings. The number of amides is 1. The predicted octanol–water partition coefficient (Wildman–Crippen LogP) is 4.29. The number of carbonyl (C=O) groups excluding carboxylic acids is 1. The van der Waals surface area contributed by atoms with E-state index in [0.717, 1.165) is 29.9 Å². The van der Waals surface area contributed by atoms with Gasteiger partial charge < -0.3 is 10.1 Å². The van der Waals surface area contributed by atoms with Gasteiger partial charge in [0, 0.05) is 12.5 Å². The van der Waals surface area contributed by atoms with Crippen LogP contribution in [0.5, 0.6) is 5.75 Å². The number of ether oxygens (including phenoxy) is 1. The van der Waals surface area contributed by atoms with Crippen LogP contribution in [0.4, 0.5) is 4.39 Å². The van der Waals surface area contributed by atoms with Crippen molar-refractivity contribution in [2.45, 2.75) is 26.3 Å². The van der Waals surface area contributed by atoms with Crippen molar-refractivity contribution in [2.75, 3.05) is 6.61 Å². The summed E-state index contributed by atoms with van der Waals surface area (Å²) >= 11 is 0. The van der Waals surface area contributed by atoms with Gasteiger partial charge >= 0.3 is 0 Å². The molecule has 130 valence electrons. The Bertz CT molecular complexity index is 781. The lowest BCUT2D eigenvalue weighted by Gasteiger charge is -2.22. The molecule has 0 aliphatic carbocycles. The fraction of sp³-hybridized carbons (Fsp3) is 0.286. The molecule has 1 unspecified atom stereocenters. The summed E-state index contributed by atoms with van der Waals surface area (Å²) in [4.78, 5) is 12.3. The summed E-state index contributed by atoms with van der Waals surface area (Å²) in [5.74, 6) is 0.676. The van der Waals surface area contributed by atoms with Gasteiger partial charge in [-0.25, -0.2) is 4.39 Å². The van der Waals surface area contributed by atoms with Crippen LogP contribution in [0.3, 0.4) is 0 Å². The van der Waals surface area contributed by atoms with E-state index in [-0.39, 0.29) is 23.7 Å². The minimum absolute atomic E-state index is 0.161. The summed E-state index contributed by atoms with van der Waals surface area (Å²) in [5.41, 5.74) is 3.05. The first-order valence-electron chi connectivity index (χ1n) is 8.52. The zero-order valence-electron chi connectivity index (χ0n) is 14.5. The highest BCUT2D eigenvalue weighted by molar-refractivity contribution is 5.92. The molecule has 25 heavy (non-hydrogen) atoms. The second kappa shape index (κ2) is 7.51. The average molecular weight is 339 g/mol. The molecule has 0 radical (unpaired) electrons. The lowest BCUT2D eigenvalue weighted by Crippen LogP contribution is -2.30. The molecular formula is C21H22FNO2. The van der Waals surface area contributed by atoms with Crippen molar-refractivity contribution in [3.63, 3.8) is 0 Å². The van der Waals surface area contributed by atoms with E-state index in [4.69, 9.17) is 4.74 Å². The molecule has 4 heteroatoms. The Kier molecular flexibility index (Phi) is 5.17. The number of benzene rings is 2. The molecule has 1 amide bonds. The van der Waals surface area contributed by atoms with E-state index < -0.39 is 0 Å². The van der Waals surface area contributed by atoms with Crippen LogP contribution in [0.25, 0.3) is 6.08 Å². The molecule has 1 heterocycles. The van der Waals surface area contributed by atoms with Crippen molar-refractivity contribution in [3.05, 3.63) is 71.0 Å². The minimum Gasteiger partial charge on any atom is -0.493 e. The Balaban J connectivity index is 1.68. The first-order chi connectivity index (χ1) is 12.0. The van der Waals surface area contributed by atoms with Gasteiger partial charge in [-0.3, -0.25) is 4.79 Å². The Hall–Kier alpha value is -2.62. The Morgan fingerprint density at radius 2 is 1.96 bits per heavy atom. The van der Waals surface area contributed by atoms with Crippen molar-refractivity contribution in [2.24, 2.45) is 5.92 Å². The summed E-state index contributed by atoms with van der Waals surface area (Å²) in [6.45, 7) is 4.77. The van der Waals surface area contributed by atoms with Crippen molar-refractivity contribution in [1.82, 2.24) is 5.32 Å². The highest BCUT2D eigenvalue weighted by Gasteiger charge is 2.17. The maximum atomic E-state index is 13.1. The normalized spacial score (nSPS) is 14.4. The van der Waals surface area contributed by atoms with Crippen LogP contribution in [0.15, 0.2) is 48.5 Å². The summed E-state index contributed by atoms with van der Waals surface area (Å²) < 4.78 is 18.6. The van der Waals surface area contributed by atoms with Crippen LogP contribution in [0.2, 0.25) is 0 Å². The number of nitrogens with one attached hydrogen (secondary N) is 1. The quantitative estimate of drug-likeness (QED) is 0.826. The molecule has 3 rings (SSSR count). The van der Waals surface area contributed by atoms with Crippen LogP contribution in [0.1, 0.15) is 36.6 Å². The highest BCUT2D eigenvalue weighted by Crippen LogP contribution is 2.26. The van der Waals surface area contributed by atoms with Crippen molar-refractivity contribution in [1.29, 1.82) is 0 Å². The van der Waals surface area contributed by atoms with Gasteiger partial charge in [-0.05, 0) is 52.9 Å². The molecule has 1 atom stereocenters. The van der Waals surface area contributed by atoms with Gasteiger partial charge in [-0.1, -0.05) is 32.0 Å². The molecule has 1 aliphatic heterocycles. The number of fused-ring (bicyclic) bond motifs is 1. The highest BCUT2D eigenvalue weighted by atomic mass is 19.1. The molecule has 0 saturated heterocycles. The molecule has 0 bridgehead atoms. The van der Waals surface area contributed by atoms with Gasteiger partial charge in [0.1, 0.15) is 11.6 Å². The second-order valence-electron chi connectivity index (χ2n) is 6.58. The maximum Gasteiger partial charge on any atom is 0.244 e. The topological polar surface area (TPSA) is 38.3 Å². The molecule has 0 spiro atoms. The number of hydrogen-bond acceptors (Lipinski definition) is 2. The predicted molar refractivity (Wildman–Crippen MR) is 96.8 cm³/mol. The van der Waals surface area contributed by atoms with Gasteiger partial charge in [0.15, 0.2) is 0 Å². The van der Waals surface area contributed by atoms with Gasteiger partial charge in [-0.2, -0.15) is 0 Å². The molecule has 2 aromatic carbocycles. The summed E-state index contributed by atoms with van der Waals surface area (Å²) in [6, 6.07) is 12.0. The van der Waals surface area contributed by atoms with Crippen LogP contribution in [-0.4, -0.2) is 12.5 Å². The van der Waals surface area contributed by atoms with E-state index in [1.165, 1.54) is 23.8 Å². The largest absolute Gasteiger partial charge is 0.493 e. The SMILES string of the molecule is CC(C)C(NC(=O)/C=C/c1ccc2c(c1)CCO2)c1ccc(F)cc1. The molecule has 0 aromatic heterocycles. The van der Waals surface area contributed by atoms with Gasteiger partial charge in [0.2, 0.25) is 5.91 Å². The Morgan fingerprint density at radius 1 is 1.20 bits per heavy atom. The van der Waals surface area contributed by atoms with Crippen molar-refractivity contribution >= 4 is 12.0 Å². The van der Waals surface area contributed by atoms with Crippen molar-refractivity contribution < 1.29 is 13.9 Å². The Morgan fingerprint density at radius 3 is 2.68 bits per heavy atom. The first kappa shape index (κ1) is 17.2. The lowest BCUT2D eigenvalue weighted by molar-refractivity contribution is -0.117. The third-order valence-electron chi connectivity index (χ3n) is 4.33. The number of halogens is 1. The molecular weight excluding hydrogens is 317 g/mol. The third-order valence-corrected chi connectivity index (χ3v) is 4.33. The van der Waals surface area contributed by atoms with Crippen LogP contribution < -0.4 is 10.1 Å². The molecule has 2 aromatic rings. The number of hydrogen-bond donors (Lipinski definition) is 1. The number of rotatable bonds is 5. The van der Waals surface area contributed by atoms with E-state index in [9.17, 15) is 9.18 Å². The number of carbonyl (C=O) groups is 1. The van der Waals surface area contributed by atoms with E-state index in [1.54, 1.807) is 18.2 Å². The Labute approximate surface area is 147 Å². The van der Waals surface area contributed by atoms with Crippen LogP contribution >= 0.6 is 0 Å². The standard InChI is InChI=1S/C21H22FNO2/c1-14(2)21(16-5-7-18(22)8-6-16)23-20(24)10-4-15-3-9-19-17(13-15)11-12-25-19/h3-10,13-14,21H,11-12H2,1-2H3,(H,23,24)/b10-4+. The molecule has 0 fully saturated rings. The van der Waals surface area contributed by atoms with Gasteiger partial charge in [0.05, 0.1) is 12.6 Å². The maximum absolute atomic E-state index is 13.1. The smallest absolute Gasteiger partial charge is 0.244 e. The van der Waals surface area contributed by atoms with E-state index in [1.807, 2.05) is 32.0 Å². The monoisotopic (exact) mass is 339 g/mol. The van der Waals surface area contributed by atoms with Gasteiger partial charge in [-0.15, -0.1) is 0 Å². The molecule has 1 N–H and O–H groups in total. The van der Waals surface area contributed by atoms with Gasteiger partial charge in [0.25, 0.3) is 0 Å². The van der Waals surface area contributed by atoms with E-state index in [0.29, 0.717) is 0 Å². The summed E-state index contributed by atoms with van der Waals surface area (Å²) in [5, 5.41) is 3.00. The lowest BCUT2D eigenvalue weighted by atomic mass is 9.96. The van der Waals surface area contributed by atoms with E-state index in [2.05, 4.69) is 5.32 Å². The van der Waals surface area contributed by atoms with Crippen LogP contribution in [0, 0.1) is 11.7 Å². The van der Waals surface area contributed by atoms with Crippen LogP contribution in [-0.2, 0) is 11.2 Å².